The SMILES string of the molecule is COc1cc(NC(=O)/C=C/c2ccc(OC(F)F)cc2OC(F)F)ccc1N1CCCC1=O. The molecule has 0 atom stereocenters. The van der Waals surface area contributed by atoms with Crippen molar-refractivity contribution in [2.75, 3.05) is 23.9 Å². The molecule has 1 aliphatic rings. The zero-order chi connectivity index (χ0) is 24.0. The molecule has 33 heavy (non-hydrogen) atoms. The molecule has 1 saturated heterocycles. The van der Waals surface area contributed by atoms with Gasteiger partial charge in [0.05, 0.1) is 12.8 Å². The Morgan fingerprint density at radius 2 is 1.82 bits per heavy atom. The van der Waals surface area contributed by atoms with Crippen LogP contribution in [0.1, 0.15) is 18.4 Å². The minimum Gasteiger partial charge on any atom is -0.494 e. The van der Waals surface area contributed by atoms with Gasteiger partial charge in [0, 0.05) is 42.4 Å². The molecule has 7 nitrogen and oxygen atoms in total. The van der Waals surface area contributed by atoms with E-state index < -0.39 is 24.9 Å². The van der Waals surface area contributed by atoms with Gasteiger partial charge in [0.25, 0.3) is 0 Å². The fraction of sp³-hybridized carbons (Fsp3) is 0.273. The molecule has 0 aromatic heterocycles. The molecule has 11 heteroatoms. The number of alkyl halides is 4. The quantitative estimate of drug-likeness (QED) is 0.427. The van der Waals surface area contributed by atoms with Crippen molar-refractivity contribution in [3.63, 3.8) is 0 Å². The molecule has 2 aromatic rings. The molecular formula is C22H20F4N2O5. The van der Waals surface area contributed by atoms with E-state index in [9.17, 15) is 27.2 Å². The second-order valence-corrected chi connectivity index (χ2v) is 6.81. The summed E-state index contributed by atoms with van der Waals surface area (Å²) in [5.74, 6) is -1.02. The lowest BCUT2D eigenvalue weighted by atomic mass is 10.1. The van der Waals surface area contributed by atoms with Gasteiger partial charge in [0.2, 0.25) is 11.8 Å². The molecular weight excluding hydrogens is 448 g/mol. The second-order valence-electron chi connectivity index (χ2n) is 6.81. The van der Waals surface area contributed by atoms with Gasteiger partial charge >= 0.3 is 13.2 Å². The van der Waals surface area contributed by atoms with Crippen LogP contribution in [-0.2, 0) is 9.59 Å². The first-order valence-electron chi connectivity index (χ1n) is 9.78. The number of methoxy groups -OCH3 is 1. The summed E-state index contributed by atoms with van der Waals surface area (Å²) in [6.07, 6.45) is 3.45. The summed E-state index contributed by atoms with van der Waals surface area (Å²) in [4.78, 5) is 25.9. The van der Waals surface area contributed by atoms with Crippen LogP contribution in [0.4, 0.5) is 28.9 Å². The minimum absolute atomic E-state index is 0.0141. The van der Waals surface area contributed by atoms with Crippen molar-refractivity contribution in [2.24, 2.45) is 0 Å². The summed E-state index contributed by atoms with van der Waals surface area (Å²) < 4.78 is 63.9. The maximum atomic E-state index is 12.7. The lowest BCUT2D eigenvalue weighted by Crippen LogP contribution is -2.24. The van der Waals surface area contributed by atoms with E-state index in [1.807, 2.05) is 0 Å². The Kier molecular flexibility index (Phi) is 7.75. The maximum absolute atomic E-state index is 12.7. The summed E-state index contributed by atoms with van der Waals surface area (Å²) in [5, 5.41) is 2.59. The standard InChI is InChI=1S/C22H20F4N2O5/c1-31-18-11-14(6-8-16(18)28-10-2-3-20(28)30)27-19(29)9-5-13-4-7-15(32-21(23)24)12-17(13)33-22(25)26/h4-9,11-12,21-22H,2-3,10H2,1H3,(H,27,29)/b9-5+. The third-order valence-electron chi connectivity index (χ3n) is 4.65. The minimum atomic E-state index is -3.21. The highest BCUT2D eigenvalue weighted by atomic mass is 19.3. The van der Waals surface area contributed by atoms with Crippen LogP contribution < -0.4 is 24.4 Å². The van der Waals surface area contributed by atoms with Crippen LogP contribution >= 0.6 is 0 Å². The molecule has 3 rings (SSSR count). The van der Waals surface area contributed by atoms with Crippen molar-refractivity contribution in [2.45, 2.75) is 26.1 Å². The highest BCUT2D eigenvalue weighted by Gasteiger charge is 2.24. The zero-order valence-corrected chi connectivity index (χ0v) is 17.4. The molecule has 0 radical (unpaired) electrons. The van der Waals surface area contributed by atoms with Gasteiger partial charge in [0.1, 0.15) is 17.2 Å². The van der Waals surface area contributed by atoms with Gasteiger partial charge in [-0.1, -0.05) is 0 Å². The number of halogens is 4. The molecule has 2 aromatic carbocycles. The molecule has 0 saturated carbocycles. The van der Waals surface area contributed by atoms with E-state index in [-0.39, 0.29) is 17.2 Å². The smallest absolute Gasteiger partial charge is 0.387 e. The van der Waals surface area contributed by atoms with Crippen molar-refractivity contribution in [3.05, 3.63) is 48.0 Å². The summed E-state index contributed by atoms with van der Waals surface area (Å²) in [7, 11) is 1.44. The number of amides is 2. The first-order valence-corrected chi connectivity index (χ1v) is 9.78. The topological polar surface area (TPSA) is 77.1 Å². The summed E-state index contributed by atoms with van der Waals surface area (Å²) in [5.41, 5.74) is 1.02. The molecule has 2 amide bonds. The van der Waals surface area contributed by atoms with E-state index in [4.69, 9.17) is 4.74 Å². The molecule has 0 spiro atoms. The lowest BCUT2D eigenvalue weighted by Gasteiger charge is -2.19. The summed E-state index contributed by atoms with van der Waals surface area (Å²) >= 11 is 0. The molecule has 0 aliphatic carbocycles. The van der Waals surface area contributed by atoms with Crippen molar-refractivity contribution in [1.82, 2.24) is 0 Å². The molecule has 1 fully saturated rings. The lowest BCUT2D eigenvalue weighted by molar-refractivity contribution is -0.117. The number of hydrogen-bond donors (Lipinski definition) is 1. The Morgan fingerprint density at radius 1 is 1.06 bits per heavy atom. The zero-order valence-electron chi connectivity index (χ0n) is 17.4. The number of rotatable bonds is 9. The van der Waals surface area contributed by atoms with E-state index in [2.05, 4.69) is 14.8 Å². The highest BCUT2D eigenvalue weighted by Crippen LogP contribution is 2.34. The van der Waals surface area contributed by atoms with E-state index in [1.54, 1.807) is 23.1 Å². The normalized spacial score (nSPS) is 13.8. The van der Waals surface area contributed by atoms with Crippen molar-refractivity contribution < 1.29 is 41.4 Å². The van der Waals surface area contributed by atoms with Crippen LogP contribution in [0.3, 0.4) is 0 Å². The Hall–Kier alpha value is -3.76. The molecule has 176 valence electrons. The molecule has 1 aliphatic heterocycles. The van der Waals surface area contributed by atoms with E-state index in [0.29, 0.717) is 30.1 Å². The molecule has 1 N–H and O–H groups in total. The number of carbonyl (C=O) groups is 2. The van der Waals surface area contributed by atoms with Gasteiger partial charge in [-0.05, 0) is 36.8 Å². The van der Waals surface area contributed by atoms with Gasteiger partial charge in [0.15, 0.2) is 0 Å². The molecule has 0 bridgehead atoms. The average molecular weight is 468 g/mol. The number of carbonyl (C=O) groups excluding carboxylic acids is 2. The van der Waals surface area contributed by atoms with Crippen LogP contribution in [0, 0.1) is 0 Å². The third-order valence-corrected chi connectivity index (χ3v) is 4.65. The van der Waals surface area contributed by atoms with Gasteiger partial charge in [-0.15, -0.1) is 0 Å². The Labute approximate surface area is 186 Å². The number of nitrogens with zero attached hydrogens (tertiary/aromatic N) is 1. The van der Waals surface area contributed by atoms with Crippen molar-refractivity contribution in [1.29, 1.82) is 0 Å². The van der Waals surface area contributed by atoms with Crippen LogP contribution in [0.2, 0.25) is 0 Å². The number of nitrogens with one attached hydrogen (secondary N) is 1. The second kappa shape index (κ2) is 10.7. The van der Waals surface area contributed by atoms with Crippen LogP contribution in [0.25, 0.3) is 6.08 Å². The Morgan fingerprint density at radius 3 is 2.45 bits per heavy atom. The van der Waals surface area contributed by atoms with Gasteiger partial charge < -0.3 is 24.4 Å². The van der Waals surface area contributed by atoms with Crippen molar-refractivity contribution >= 4 is 29.3 Å². The van der Waals surface area contributed by atoms with Crippen LogP contribution in [-0.4, -0.2) is 38.7 Å². The number of ether oxygens (including phenoxy) is 3. The third kappa shape index (κ3) is 6.37. The van der Waals surface area contributed by atoms with Gasteiger partial charge in [-0.2, -0.15) is 17.6 Å². The Bertz CT molecular complexity index is 1050. The number of hydrogen-bond acceptors (Lipinski definition) is 5. The summed E-state index contributed by atoms with van der Waals surface area (Å²) in [6.45, 7) is -5.77. The first kappa shape index (κ1) is 23.9. The molecule has 1 heterocycles. The predicted octanol–water partition coefficient (Wildman–Crippen LogP) is 4.68. The molecule has 0 unspecified atom stereocenters. The van der Waals surface area contributed by atoms with Crippen LogP contribution in [0.15, 0.2) is 42.5 Å². The van der Waals surface area contributed by atoms with Gasteiger partial charge in [-0.3, -0.25) is 9.59 Å². The predicted molar refractivity (Wildman–Crippen MR) is 112 cm³/mol. The number of anilines is 2. The fourth-order valence-electron chi connectivity index (χ4n) is 3.26. The van der Waals surface area contributed by atoms with Crippen molar-refractivity contribution in [3.8, 4) is 17.2 Å². The number of benzene rings is 2. The maximum Gasteiger partial charge on any atom is 0.387 e. The van der Waals surface area contributed by atoms with E-state index in [0.717, 1.165) is 24.6 Å². The highest BCUT2D eigenvalue weighted by molar-refractivity contribution is 6.03. The van der Waals surface area contributed by atoms with Gasteiger partial charge in [-0.25, -0.2) is 0 Å². The van der Waals surface area contributed by atoms with Crippen LogP contribution in [0.5, 0.6) is 17.2 Å². The Balaban J connectivity index is 1.73. The van der Waals surface area contributed by atoms with E-state index >= 15 is 0 Å². The summed E-state index contributed by atoms with van der Waals surface area (Å²) in [6, 6.07) is 8.00. The fourth-order valence-corrected chi connectivity index (χ4v) is 3.26. The van der Waals surface area contributed by atoms with E-state index in [1.165, 1.54) is 19.3 Å². The monoisotopic (exact) mass is 468 g/mol. The first-order chi connectivity index (χ1) is 15.8. The average Bonchev–Trinajstić information content (AvgIpc) is 3.18. The largest absolute Gasteiger partial charge is 0.494 e.